The summed E-state index contributed by atoms with van der Waals surface area (Å²) in [7, 11) is 0. The molecule has 0 spiro atoms. The van der Waals surface area contributed by atoms with E-state index in [0.29, 0.717) is 6.04 Å². The third-order valence-electron chi connectivity index (χ3n) is 3.85. The average molecular weight is 299 g/mol. The van der Waals surface area contributed by atoms with Crippen LogP contribution in [0.25, 0.3) is 11.0 Å². The van der Waals surface area contributed by atoms with Crippen molar-refractivity contribution in [2.45, 2.75) is 19.0 Å². The van der Waals surface area contributed by atoms with E-state index in [1.165, 1.54) is 0 Å². The molecule has 0 amide bonds. The molecule has 1 saturated heterocycles. The summed E-state index contributed by atoms with van der Waals surface area (Å²) in [6.07, 6.45) is 1.14. The highest BCUT2D eigenvalue weighted by molar-refractivity contribution is 7.07. The van der Waals surface area contributed by atoms with Gasteiger partial charge in [-0.15, -0.1) is 11.3 Å². The second-order valence-electron chi connectivity index (χ2n) is 5.32. The molecular formula is C15H17N5S. The molecule has 0 aliphatic carbocycles. The van der Waals surface area contributed by atoms with E-state index in [9.17, 15) is 0 Å². The molecule has 3 aromatic rings. The fourth-order valence-electron chi connectivity index (χ4n) is 2.78. The second-order valence-corrected chi connectivity index (χ2v) is 6.04. The van der Waals surface area contributed by atoms with E-state index in [2.05, 4.69) is 43.8 Å². The third-order valence-corrected chi connectivity index (χ3v) is 4.49. The molecule has 0 bridgehead atoms. The van der Waals surface area contributed by atoms with E-state index in [1.54, 1.807) is 11.3 Å². The topological polar surface area (TPSA) is 54.8 Å². The second kappa shape index (κ2) is 5.46. The van der Waals surface area contributed by atoms with Crippen molar-refractivity contribution in [3.05, 3.63) is 40.8 Å². The Hall–Kier alpha value is -1.92. The maximum absolute atomic E-state index is 4.76. The smallest absolute Gasteiger partial charge is 0.204 e. The Morgan fingerprint density at radius 1 is 1.38 bits per heavy atom. The molecule has 1 atom stereocenters. The molecular weight excluding hydrogens is 282 g/mol. The molecule has 3 heterocycles. The lowest BCUT2D eigenvalue weighted by Gasteiger charge is -2.14. The molecule has 0 saturated carbocycles. The summed E-state index contributed by atoms with van der Waals surface area (Å²) in [4.78, 5) is 9.16. The van der Waals surface area contributed by atoms with Gasteiger partial charge in [0, 0.05) is 18.0 Å². The molecule has 1 unspecified atom stereocenters. The number of nitrogens with zero attached hydrogens (tertiary/aromatic N) is 3. The molecule has 1 aromatic carbocycles. The van der Waals surface area contributed by atoms with Crippen molar-refractivity contribution in [3.63, 3.8) is 0 Å². The van der Waals surface area contributed by atoms with Crippen molar-refractivity contribution in [3.8, 4) is 0 Å². The zero-order chi connectivity index (χ0) is 14.1. The number of anilines is 1. The first-order valence-electron chi connectivity index (χ1n) is 7.20. The van der Waals surface area contributed by atoms with E-state index >= 15 is 0 Å². The van der Waals surface area contributed by atoms with Crippen molar-refractivity contribution in [2.24, 2.45) is 0 Å². The van der Waals surface area contributed by atoms with Crippen molar-refractivity contribution in [2.75, 3.05) is 18.4 Å². The van der Waals surface area contributed by atoms with Gasteiger partial charge >= 0.3 is 0 Å². The van der Waals surface area contributed by atoms with Gasteiger partial charge in [0.25, 0.3) is 0 Å². The normalized spacial score (nSPS) is 18.4. The molecule has 108 valence electrons. The Morgan fingerprint density at radius 2 is 2.33 bits per heavy atom. The molecule has 1 aliphatic rings. The van der Waals surface area contributed by atoms with Crippen LogP contribution in [-0.2, 0) is 6.54 Å². The number of benzene rings is 1. The lowest BCUT2D eigenvalue weighted by atomic mass is 10.3. The van der Waals surface area contributed by atoms with Gasteiger partial charge in [0.05, 0.1) is 28.8 Å². The predicted octanol–water partition coefficient (Wildman–Crippen LogP) is 2.31. The van der Waals surface area contributed by atoms with E-state index in [1.807, 2.05) is 11.6 Å². The highest BCUT2D eigenvalue weighted by Crippen LogP contribution is 2.22. The molecule has 1 fully saturated rings. The molecule has 0 radical (unpaired) electrons. The number of para-hydroxylation sites is 2. The first kappa shape index (κ1) is 12.8. The van der Waals surface area contributed by atoms with Crippen LogP contribution in [0.2, 0.25) is 0 Å². The van der Waals surface area contributed by atoms with E-state index in [0.717, 1.165) is 48.7 Å². The summed E-state index contributed by atoms with van der Waals surface area (Å²) >= 11 is 1.63. The third kappa shape index (κ3) is 2.52. The zero-order valence-electron chi connectivity index (χ0n) is 11.6. The van der Waals surface area contributed by atoms with Crippen LogP contribution in [0, 0.1) is 0 Å². The molecule has 21 heavy (non-hydrogen) atoms. The van der Waals surface area contributed by atoms with Crippen molar-refractivity contribution >= 4 is 28.3 Å². The lowest BCUT2D eigenvalue weighted by Crippen LogP contribution is -2.24. The van der Waals surface area contributed by atoms with Crippen LogP contribution in [0.3, 0.4) is 0 Å². The molecule has 2 aromatic heterocycles. The minimum Gasteiger partial charge on any atom is -0.352 e. The molecule has 1 aliphatic heterocycles. The number of imidazole rings is 1. The molecule has 4 rings (SSSR count). The van der Waals surface area contributed by atoms with E-state index in [-0.39, 0.29) is 0 Å². The standard InChI is InChI=1S/C15H17N5S/c1-2-4-14-13(3-1)19-15(18-11-5-6-16-7-11)20(14)8-12-9-21-10-17-12/h1-4,9-11,16H,5-8H2,(H,18,19). The summed E-state index contributed by atoms with van der Waals surface area (Å²) in [5.74, 6) is 0.943. The summed E-state index contributed by atoms with van der Waals surface area (Å²) in [5.41, 5.74) is 5.14. The zero-order valence-corrected chi connectivity index (χ0v) is 12.4. The van der Waals surface area contributed by atoms with Crippen LogP contribution in [-0.4, -0.2) is 33.7 Å². The SMILES string of the molecule is c1ccc2c(c1)nc(NC1CCNC1)n2Cc1cscn1. The minimum absolute atomic E-state index is 0.455. The van der Waals surface area contributed by atoms with Gasteiger partial charge in [-0.2, -0.15) is 0 Å². The first-order chi connectivity index (χ1) is 10.4. The average Bonchev–Trinajstić information content (AvgIpc) is 3.23. The van der Waals surface area contributed by atoms with Crippen LogP contribution < -0.4 is 10.6 Å². The van der Waals surface area contributed by atoms with E-state index < -0.39 is 0 Å². The number of aromatic nitrogens is 3. The van der Waals surface area contributed by atoms with Crippen LogP contribution in [0.5, 0.6) is 0 Å². The van der Waals surface area contributed by atoms with Crippen molar-refractivity contribution in [1.29, 1.82) is 0 Å². The van der Waals surface area contributed by atoms with Gasteiger partial charge < -0.3 is 15.2 Å². The Bertz CT molecular complexity index is 728. The molecule has 6 heteroatoms. The van der Waals surface area contributed by atoms with Gasteiger partial charge in [-0.25, -0.2) is 9.97 Å². The first-order valence-corrected chi connectivity index (χ1v) is 8.14. The maximum atomic E-state index is 4.76. The Morgan fingerprint density at radius 3 is 3.14 bits per heavy atom. The maximum Gasteiger partial charge on any atom is 0.204 e. The van der Waals surface area contributed by atoms with E-state index in [4.69, 9.17) is 4.98 Å². The largest absolute Gasteiger partial charge is 0.352 e. The molecule has 2 N–H and O–H groups in total. The summed E-state index contributed by atoms with van der Waals surface area (Å²) in [6.45, 7) is 2.83. The van der Waals surface area contributed by atoms with Gasteiger partial charge in [-0.3, -0.25) is 0 Å². The predicted molar refractivity (Wildman–Crippen MR) is 85.8 cm³/mol. The van der Waals surface area contributed by atoms with Gasteiger partial charge in [0.15, 0.2) is 0 Å². The van der Waals surface area contributed by atoms with Crippen molar-refractivity contribution < 1.29 is 0 Å². The number of thiazole rings is 1. The lowest BCUT2D eigenvalue weighted by molar-refractivity contribution is 0.744. The van der Waals surface area contributed by atoms with Crippen molar-refractivity contribution in [1.82, 2.24) is 19.9 Å². The van der Waals surface area contributed by atoms with Crippen LogP contribution >= 0.6 is 11.3 Å². The minimum atomic E-state index is 0.455. The summed E-state index contributed by atoms with van der Waals surface area (Å²) < 4.78 is 2.22. The molecule has 5 nitrogen and oxygen atoms in total. The summed E-state index contributed by atoms with van der Waals surface area (Å²) in [5, 5.41) is 9.05. The van der Waals surface area contributed by atoms with Gasteiger partial charge in [-0.05, 0) is 25.1 Å². The number of rotatable bonds is 4. The highest BCUT2D eigenvalue weighted by Gasteiger charge is 2.18. The Labute approximate surface area is 127 Å². The van der Waals surface area contributed by atoms with Crippen LogP contribution in [0.15, 0.2) is 35.2 Å². The quantitative estimate of drug-likeness (QED) is 0.776. The van der Waals surface area contributed by atoms with Gasteiger partial charge in [-0.1, -0.05) is 12.1 Å². The number of hydrogen-bond donors (Lipinski definition) is 2. The number of fused-ring (bicyclic) bond motifs is 1. The summed E-state index contributed by atoms with van der Waals surface area (Å²) in [6, 6.07) is 8.72. The van der Waals surface area contributed by atoms with Crippen LogP contribution in [0.4, 0.5) is 5.95 Å². The van der Waals surface area contributed by atoms with Gasteiger partial charge in [0.2, 0.25) is 5.95 Å². The van der Waals surface area contributed by atoms with Crippen LogP contribution in [0.1, 0.15) is 12.1 Å². The number of hydrogen-bond acceptors (Lipinski definition) is 5. The fraction of sp³-hybridized carbons (Fsp3) is 0.333. The monoisotopic (exact) mass is 299 g/mol. The Balaban J connectivity index is 1.73. The van der Waals surface area contributed by atoms with Gasteiger partial charge in [0.1, 0.15) is 0 Å². The highest BCUT2D eigenvalue weighted by atomic mass is 32.1. The fourth-order valence-corrected chi connectivity index (χ4v) is 3.33. The Kier molecular flexibility index (Phi) is 3.33. The number of nitrogens with one attached hydrogen (secondary N) is 2.